The highest BCUT2D eigenvalue weighted by Gasteiger charge is 2.34. The Morgan fingerprint density at radius 2 is 1.79 bits per heavy atom. The number of piperidine rings is 1. The fraction of sp³-hybridized carbons (Fsp3) is 0.588. The first-order valence-corrected chi connectivity index (χ1v) is 7.88. The van der Waals surface area contributed by atoms with Crippen molar-refractivity contribution in [1.29, 1.82) is 0 Å². The zero-order valence-corrected chi connectivity index (χ0v) is 14.1. The monoisotopic (exact) mass is 344 g/mol. The van der Waals surface area contributed by atoms with Crippen LogP contribution in [0.2, 0.25) is 0 Å². The van der Waals surface area contributed by atoms with Gasteiger partial charge in [-0.05, 0) is 44.9 Å². The molecule has 0 radical (unpaired) electrons. The molecule has 1 aliphatic heterocycles. The Balaban J connectivity index is 2.12. The van der Waals surface area contributed by atoms with Gasteiger partial charge in [-0.3, -0.25) is 0 Å². The number of likely N-dealkylation sites (tertiary alicyclic amines) is 1. The molecule has 0 spiro atoms. The fourth-order valence-electron chi connectivity index (χ4n) is 2.73. The molecule has 134 valence electrons. The summed E-state index contributed by atoms with van der Waals surface area (Å²) in [7, 11) is 0. The van der Waals surface area contributed by atoms with Gasteiger partial charge in [-0.1, -0.05) is 12.1 Å². The number of nitrogens with two attached hydrogens (primary N) is 1. The molecule has 1 heterocycles. The Morgan fingerprint density at radius 1 is 1.21 bits per heavy atom. The van der Waals surface area contributed by atoms with E-state index in [0.29, 0.717) is 25.1 Å². The molecule has 0 saturated carbocycles. The number of carbonyl (C=O) groups excluding carboxylic acids is 1. The second-order valence-corrected chi connectivity index (χ2v) is 7.11. The van der Waals surface area contributed by atoms with Gasteiger partial charge in [-0.15, -0.1) is 0 Å². The molecule has 0 bridgehead atoms. The first kappa shape index (κ1) is 18.6. The lowest BCUT2D eigenvalue weighted by Gasteiger charge is -2.37. The fourth-order valence-corrected chi connectivity index (χ4v) is 2.73. The summed E-state index contributed by atoms with van der Waals surface area (Å²) in [5.41, 5.74) is 5.53. The van der Waals surface area contributed by atoms with Crippen molar-refractivity contribution in [3.05, 3.63) is 35.4 Å². The van der Waals surface area contributed by atoms with Crippen molar-refractivity contribution in [3.63, 3.8) is 0 Å². The minimum Gasteiger partial charge on any atom is -0.444 e. The number of benzene rings is 1. The van der Waals surface area contributed by atoms with E-state index < -0.39 is 23.4 Å². The van der Waals surface area contributed by atoms with E-state index in [9.17, 15) is 18.0 Å². The predicted octanol–water partition coefficient (Wildman–Crippen LogP) is 3.76. The summed E-state index contributed by atoms with van der Waals surface area (Å²) in [5, 5.41) is 0. The molecule has 4 nitrogen and oxygen atoms in total. The van der Waals surface area contributed by atoms with E-state index in [1.54, 1.807) is 25.7 Å². The number of rotatable bonds is 1. The van der Waals surface area contributed by atoms with Crippen molar-refractivity contribution in [2.75, 3.05) is 13.1 Å². The van der Waals surface area contributed by atoms with Crippen molar-refractivity contribution in [1.82, 2.24) is 4.90 Å². The van der Waals surface area contributed by atoms with Gasteiger partial charge in [0.2, 0.25) is 0 Å². The van der Waals surface area contributed by atoms with Gasteiger partial charge in [0.15, 0.2) is 0 Å². The van der Waals surface area contributed by atoms with E-state index in [1.807, 2.05) is 0 Å². The molecule has 1 aromatic carbocycles. The normalized spacial score (nSPS) is 22.4. The highest BCUT2D eigenvalue weighted by atomic mass is 19.4. The molecule has 0 unspecified atom stereocenters. The molecule has 2 atom stereocenters. The third-order valence-electron chi connectivity index (χ3n) is 3.98. The number of nitrogens with zero attached hydrogens (tertiary/aromatic N) is 1. The number of hydrogen-bond acceptors (Lipinski definition) is 3. The Bertz CT molecular complexity index is 579. The SMILES string of the molecule is CC(C)(C)OC(=O)N1CC[C@H](N)[C@@H](c2ccc(C(F)(F)F)cc2)C1. The maximum Gasteiger partial charge on any atom is 0.416 e. The molecule has 0 aliphatic carbocycles. The molecule has 0 aromatic heterocycles. The Kier molecular flexibility index (Phi) is 5.13. The first-order chi connectivity index (χ1) is 11.0. The van der Waals surface area contributed by atoms with Crippen LogP contribution in [0.15, 0.2) is 24.3 Å². The Hall–Kier alpha value is -1.76. The number of halogens is 3. The van der Waals surface area contributed by atoms with E-state index in [-0.39, 0.29) is 12.0 Å². The van der Waals surface area contributed by atoms with Crippen LogP contribution in [-0.2, 0) is 10.9 Å². The minimum atomic E-state index is -4.37. The second-order valence-electron chi connectivity index (χ2n) is 7.11. The van der Waals surface area contributed by atoms with Crippen LogP contribution in [0.4, 0.5) is 18.0 Å². The average Bonchev–Trinajstić information content (AvgIpc) is 2.45. The van der Waals surface area contributed by atoms with Crippen molar-refractivity contribution in [2.24, 2.45) is 5.73 Å². The summed E-state index contributed by atoms with van der Waals surface area (Å²) in [4.78, 5) is 13.8. The van der Waals surface area contributed by atoms with Crippen molar-refractivity contribution in [2.45, 2.75) is 50.9 Å². The van der Waals surface area contributed by atoms with Gasteiger partial charge >= 0.3 is 12.3 Å². The highest BCUT2D eigenvalue weighted by molar-refractivity contribution is 5.68. The van der Waals surface area contributed by atoms with Crippen LogP contribution in [0.3, 0.4) is 0 Å². The molecule has 1 fully saturated rings. The van der Waals surface area contributed by atoms with Gasteiger partial charge in [0.05, 0.1) is 5.56 Å². The third-order valence-corrected chi connectivity index (χ3v) is 3.98. The van der Waals surface area contributed by atoms with E-state index in [0.717, 1.165) is 12.1 Å². The van der Waals surface area contributed by atoms with Crippen LogP contribution < -0.4 is 5.73 Å². The lowest BCUT2D eigenvalue weighted by Crippen LogP contribution is -2.49. The summed E-state index contributed by atoms with van der Waals surface area (Å²) in [6.45, 7) is 6.17. The standard InChI is InChI=1S/C17H23F3N2O2/c1-16(2,3)24-15(23)22-9-8-14(21)13(10-22)11-4-6-12(7-5-11)17(18,19)20/h4-7,13-14H,8-10,21H2,1-3H3/t13-,14+/m1/s1. The predicted molar refractivity (Wildman–Crippen MR) is 84.6 cm³/mol. The topological polar surface area (TPSA) is 55.6 Å². The van der Waals surface area contributed by atoms with E-state index >= 15 is 0 Å². The lowest BCUT2D eigenvalue weighted by atomic mass is 9.86. The molecule has 2 N–H and O–H groups in total. The van der Waals surface area contributed by atoms with Crippen LogP contribution in [0, 0.1) is 0 Å². The smallest absolute Gasteiger partial charge is 0.416 e. The molecule has 1 amide bonds. The second kappa shape index (κ2) is 6.63. The molecule has 1 saturated heterocycles. The largest absolute Gasteiger partial charge is 0.444 e. The van der Waals surface area contributed by atoms with Crippen LogP contribution in [0.25, 0.3) is 0 Å². The first-order valence-electron chi connectivity index (χ1n) is 7.88. The van der Waals surface area contributed by atoms with Crippen LogP contribution >= 0.6 is 0 Å². The Labute approximate surface area is 139 Å². The molecule has 1 aromatic rings. The molecular weight excluding hydrogens is 321 g/mol. The van der Waals surface area contributed by atoms with Crippen molar-refractivity contribution in [3.8, 4) is 0 Å². The number of hydrogen-bond donors (Lipinski definition) is 1. The van der Waals surface area contributed by atoms with Crippen molar-refractivity contribution >= 4 is 6.09 Å². The van der Waals surface area contributed by atoms with Crippen LogP contribution in [-0.4, -0.2) is 35.7 Å². The van der Waals surface area contributed by atoms with Gasteiger partial charge < -0.3 is 15.4 Å². The molecular formula is C17H23F3N2O2. The van der Waals surface area contributed by atoms with E-state index in [2.05, 4.69) is 0 Å². The molecule has 2 rings (SSSR count). The van der Waals surface area contributed by atoms with Gasteiger partial charge in [-0.25, -0.2) is 4.79 Å². The quantitative estimate of drug-likeness (QED) is 0.844. The summed E-state index contributed by atoms with van der Waals surface area (Å²) >= 11 is 0. The number of carbonyl (C=O) groups is 1. The summed E-state index contributed by atoms with van der Waals surface area (Å²) < 4.78 is 43.4. The zero-order valence-electron chi connectivity index (χ0n) is 14.1. The minimum absolute atomic E-state index is 0.208. The zero-order chi connectivity index (χ0) is 18.1. The number of alkyl halides is 3. The molecule has 24 heavy (non-hydrogen) atoms. The average molecular weight is 344 g/mol. The van der Waals surface area contributed by atoms with Crippen LogP contribution in [0.5, 0.6) is 0 Å². The number of ether oxygens (including phenoxy) is 1. The van der Waals surface area contributed by atoms with Gasteiger partial charge in [-0.2, -0.15) is 13.2 Å². The third kappa shape index (κ3) is 4.63. The van der Waals surface area contributed by atoms with E-state index in [4.69, 9.17) is 10.5 Å². The summed E-state index contributed by atoms with van der Waals surface area (Å²) in [5.74, 6) is -0.214. The molecule has 1 aliphatic rings. The molecule has 7 heteroatoms. The van der Waals surface area contributed by atoms with Crippen molar-refractivity contribution < 1.29 is 22.7 Å². The summed E-state index contributed by atoms with van der Waals surface area (Å²) in [6, 6.07) is 4.77. The number of amides is 1. The van der Waals surface area contributed by atoms with Gasteiger partial charge in [0.1, 0.15) is 5.60 Å². The summed E-state index contributed by atoms with van der Waals surface area (Å²) in [6.07, 6.45) is -4.22. The lowest BCUT2D eigenvalue weighted by molar-refractivity contribution is -0.137. The maximum atomic E-state index is 12.7. The highest BCUT2D eigenvalue weighted by Crippen LogP contribution is 2.32. The van der Waals surface area contributed by atoms with Gasteiger partial charge in [0, 0.05) is 25.0 Å². The Morgan fingerprint density at radius 3 is 2.29 bits per heavy atom. The van der Waals surface area contributed by atoms with E-state index in [1.165, 1.54) is 12.1 Å². The van der Waals surface area contributed by atoms with Crippen LogP contribution in [0.1, 0.15) is 44.2 Å². The van der Waals surface area contributed by atoms with Gasteiger partial charge in [0.25, 0.3) is 0 Å². The maximum absolute atomic E-state index is 12.7.